The number of hydrogen-bond donors (Lipinski definition) is 0. The van der Waals surface area contributed by atoms with Crippen LogP contribution in [0.3, 0.4) is 0 Å². The van der Waals surface area contributed by atoms with Gasteiger partial charge in [-0.15, -0.1) is 0 Å². The Morgan fingerprint density at radius 1 is 1.00 bits per heavy atom. The van der Waals surface area contributed by atoms with E-state index in [4.69, 9.17) is 0 Å². The first-order chi connectivity index (χ1) is 12.4. The quantitative estimate of drug-likeness (QED) is 0.683. The lowest BCUT2D eigenvalue weighted by atomic mass is 9.89. The summed E-state index contributed by atoms with van der Waals surface area (Å²) in [6.07, 6.45) is 7.24. The Morgan fingerprint density at radius 3 is 2.27 bits per heavy atom. The molecule has 140 valence electrons. The summed E-state index contributed by atoms with van der Waals surface area (Å²) in [6, 6.07) is 13.0. The summed E-state index contributed by atoms with van der Waals surface area (Å²) in [5.41, 5.74) is 5.35. The largest absolute Gasteiger partial charge is 0.303 e. The van der Waals surface area contributed by atoms with E-state index in [2.05, 4.69) is 80.2 Å². The third kappa shape index (κ3) is 5.67. The summed E-state index contributed by atoms with van der Waals surface area (Å²) in [5.74, 6) is 0.878. The SMILES string of the molecule is Cc1ccc(-c2ccc(CCC3CCN(CC(C)(C)C)CC3)cn2)cc1. The minimum Gasteiger partial charge on any atom is -0.303 e. The molecule has 1 aromatic heterocycles. The maximum absolute atomic E-state index is 4.69. The molecule has 1 aromatic carbocycles. The molecule has 1 aliphatic rings. The first-order valence-corrected chi connectivity index (χ1v) is 10.1. The van der Waals surface area contributed by atoms with E-state index in [1.807, 2.05) is 0 Å². The normalized spacial score (nSPS) is 16.8. The zero-order valence-corrected chi connectivity index (χ0v) is 17.0. The zero-order valence-electron chi connectivity index (χ0n) is 17.0. The number of hydrogen-bond acceptors (Lipinski definition) is 2. The van der Waals surface area contributed by atoms with Gasteiger partial charge in [-0.1, -0.05) is 56.7 Å². The standard InChI is InChI=1S/C24H34N2/c1-19-5-10-22(11-6-19)23-12-9-21(17-25-23)8-7-20-13-15-26(16-14-20)18-24(2,3)4/h5-6,9-12,17,20H,7-8,13-16,18H2,1-4H3. The summed E-state index contributed by atoms with van der Waals surface area (Å²) in [5, 5.41) is 0. The predicted molar refractivity (Wildman–Crippen MR) is 111 cm³/mol. The second-order valence-corrected chi connectivity index (χ2v) is 9.24. The molecule has 26 heavy (non-hydrogen) atoms. The Morgan fingerprint density at radius 2 is 1.69 bits per heavy atom. The molecule has 0 spiro atoms. The van der Waals surface area contributed by atoms with Gasteiger partial charge in [0.2, 0.25) is 0 Å². The molecule has 0 saturated carbocycles. The van der Waals surface area contributed by atoms with E-state index in [-0.39, 0.29) is 0 Å². The smallest absolute Gasteiger partial charge is 0.0702 e. The maximum atomic E-state index is 4.69. The zero-order chi connectivity index (χ0) is 18.6. The number of aryl methyl sites for hydroxylation is 2. The molecule has 3 rings (SSSR count). The molecule has 2 aromatic rings. The van der Waals surface area contributed by atoms with Crippen LogP contribution >= 0.6 is 0 Å². The number of pyridine rings is 1. The highest BCUT2D eigenvalue weighted by atomic mass is 15.1. The molecule has 0 atom stereocenters. The van der Waals surface area contributed by atoms with E-state index < -0.39 is 0 Å². The van der Waals surface area contributed by atoms with Gasteiger partial charge in [0.1, 0.15) is 0 Å². The molecule has 0 radical (unpaired) electrons. The lowest BCUT2D eigenvalue weighted by Crippen LogP contribution is -2.39. The molecule has 1 saturated heterocycles. The Bertz CT molecular complexity index is 672. The summed E-state index contributed by atoms with van der Waals surface area (Å²) in [4.78, 5) is 7.33. The van der Waals surface area contributed by atoms with Crippen LogP contribution in [0.2, 0.25) is 0 Å². The van der Waals surface area contributed by atoms with E-state index in [1.54, 1.807) is 0 Å². The minimum atomic E-state index is 0.414. The molecule has 1 fully saturated rings. The van der Waals surface area contributed by atoms with E-state index >= 15 is 0 Å². The second-order valence-electron chi connectivity index (χ2n) is 9.24. The Kier molecular flexibility index (Phi) is 6.13. The first-order valence-electron chi connectivity index (χ1n) is 10.1. The molecule has 2 heterocycles. The van der Waals surface area contributed by atoms with E-state index in [0.717, 1.165) is 18.0 Å². The lowest BCUT2D eigenvalue weighted by Gasteiger charge is -2.36. The third-order valence-electron chi connectivity index (χ3n) is 5.42. The van der Waals surface area contributed by atoms with Crippen LogP contribution in [0.15, 0.2) is 42.6 Å². The van der Waals surface area contributed by atoms with E-state index in [9.17, 15) is 0 Å². The van der Waals surface area contributed by atoms with Gasteiger partial charge >= 0.3 is 0 Å². The summed E-state index contributed by atoms with van der Waals surface area (Å²) >= 11 is 0. The van der Waals surface area contributed by atoms with Gasteiger partial charge in [0.05, 0.1) is 5.69 Å². The predicted octanol–water partition coefficient (Wildman–Crippen LogP) is 5.75. The number of likely N-dealkylation sites (tertiary alicyclic amines) is 1. The fourth-order valence-corrected chi connectivity index (χ4v) is 3.94. The van der Waals surface area contributed by atoms with Crippen molar-refractivity contribution in [1.29, 1.82) is 0 Å². The van der Waals surface area contributed by atoms with Crippen molar-refractivity contribution >= 4 is 0 Å². The van der Waals surface area contributed by atoms with Crippen LogP contribution in [0.1, 0.15) is 51.2 Å². The average molecular weight is 351 g/mol. The lowest BCUT2D eigenvalue weighted by molar-refractivity contribution is 0.133. The van der Waals surface area contributed by atoms with Crippen LogP contribution in [0.4, 0.5) is 0 Å². The van der Waals surface area contributed by atoms with Crippen molar-refractivity contribution in [2.24, 2.45) is 11.3 Å². The molecule has 0 unspecified atom stereocenters. The van der Waals surface area contributed by atoms with Crippen LogP contribution in [0.5, 0.6) is 0 Å². The molecular weight excluding hydrogens is 316 g/mol. The Balaban J connectivity index is 1.46. The minimum absolute atomic E-state index is 0.414. The number of rotatable bonds is 5. The number of nitrogens with zero attached hydrogens (tertiary/aromatic N) is 2. The molecule has 0 aliphatic carbocycles. The van der Waals surface area contributed by atoms with Crippen molar-refractivity contribution in [3.05, 3.63) is 53.7 Å². The van der Waals surface area contributed by atoms with Crippen molar-refractivity contribution in [3.63, 3.8) is 0 Å². The van der Waals surface area contributed by atoms with Gasteiger partial charge < -0.3 is 4.90 Å². The van der Waals surface area contributed by atoms with Crippen molar-refractivity contribution < 1.29 is 0 Å². The van der Waals surface area contributed by atoms with Gasteiger partial charge in [-0.05, 0) is 68.7 Å². The van der Waals surface area contributed by atoms with Crippen LogP contribution in [0.25, 0.3) is 11.3 Å². The summed E-state index contributed by atoms with van der Waals surface area (Å²) in [6.45, 7) is 12.9. The summed E-state index contributed by atoms with van der Waals surface area (Å²) in [7, 11) is 0. The second kappa shape index (κ2) is 8.35. The van der Waals surface area contributed by atoms with Crippen molar-refractivity contribution in [2.75, 3.05) is 19.6 Å². The van der Waals surface area contributed by atoms with Crippen LogP contribution in [-0.2, 0) is 6.42 Å². The van der Waals surface area contributed by atoms with Crippen molar-refractivity contribution in [1.82, 2.24) is 9.88 Å². The molecule has 1 aliphatic heterocycles. The molecule has 0 bridgehead atoms. The molecule has 2 nitrogen and oxygen atoms in total. The highest BCUT2D eigenvalue weighted by Crippen LogP contribution is 2.25. The Labute approximate surface area is 159 Å². The van der Waals surface area contributed by atoms with Gasteiger partial charge in [-0.3, -0.25) is 4.98 Å². The monoisotopic (exact) mass is 350 g/mol. The van der Waals surface area contributed by atoms with Gasteiger partial charge in [-0.25, -0.2) is 0 Å². The summed E-state index contributed by atoms with van der Waals surface area (Å²) < 4.78 is 0. The van der Waals surface area contributed by atoms with Crippen molar-refractivity contribution in [3.8, 4) is 11.3 Å². The first kappa shape index (κ1) is 19.1. The van der Waals surface area contributed by atoms with Crippen LogP contribution < -0.4 is 0 Å². The number of piperidine rings is 1. The molecule has 0 N–H and O–H groups in total. The van der Waals surface area contributed by atoms with Crippen molar-refractivity contribution in [2.45, 2.75) is 53.4 Å². The molecule has 0 amide bonds. The maximum Gasteiger partial charge on any atom is 0.0702 e. The topological polar surface area (TPSA) is 16.1 Å². The van der Waals surface area contributed by atoms with Crippen LogP contribution in [-0.4, -0.2) is 29.5 Å². The fraction of sp³-hybridized carbons (Fsp3) is 0.542. The number of aromatic nitrogens is 1. The Hall–Kier alpha value is -1.67. The molecular formula is C24H34N2. The van der Waals surface area contributed by atoms with Gasteiger partial charge in [0, 0.05) is 18.3 Å². The van der Waals surface area contributed by atoms with Gasteiger partial charge in [0.25, 0.3) is 0 Å². The van der Waals surface area contributed by atoms with E-state index in [0.29, 0.717) is 5.41 Å². The highest BCUT2D eigenvalue weighted by Gasteiger charge is 2.22. The third-order valence-corrected chi connectivity index (χ3v) is 5.42. The van der Waals surface area contributed by atoms with Crippen LogP contribution in [0, 0.1) is 18.3 Å². The average Bonchev–Trinajstić information content (AvgIpc) is 2.61. The fourth-order valence-electron chi connectivity index (χ4n) is 3.94. The van der Waals surface area contributed by atoms with E-state index in [1.165, 1.54) is 55.6 Å². The number of benzene rings is 1. The molecule has 2 heteroatoms. The highest BCUT2D eigenvalue weighted by molar-refractivity contribution is 5.59. The van der Waals surface area contributed by atoms with Gasteiger partial charge in [-0.2, -0.15) is 0 Å². The van der Waals surface area contributed by atoms with Gasteiger partial charge in [0.15, 0.2) is 0 Å².